The summed E-state index contributed by atoms with van der Waals surface area (Å²) in [5.41, 5.74) is 1.20. The first-order valence-electron chi connectivity index (χ1n) is 8.06. The lowest BCUT2D eigenvalue weighted by atomic mass is 10.2. The molecule has 0 radical (unpaired) electrons. The van der Waals surface area contributed by atoms with E-state index in [0.717, 1.165) is 19.6 Å². The Balaban J connectivity index is 1.74. The molecule has 1 aromatic rings. The van der Waals surface area contributed by atoms with Crippen LogP contribution in [0.25, 0.3) is 6.08 Å². The maximum Gasteiger partial charge on any atom is 0.244 e. The molecule has 124 valence electrons. The normalized spacial score (nSPS) is 17.2. The van der Waals surface area contributed by atoms with Crippen LogP contribution in [-0.2, 0) is 9.59 Å². The molecule has 2 amide bonds. The summed E-state index contributed by atoms with van der Waals surface area (Å²) in [6, 6.07) is 9.78. The quantitative estimate of drug-likeness (QED) is 0.893. The lowest BCUT2D eigenvalue weighted by molar-refractivity contribution is -0.137. The van der Waals surface area contributed by atoms with Gasteiger partial charge in [-0.05, 0) is 12.5 Å². The van der Waals surface area contributed by atoms with Crippen molar-refractivity contribution >= 4 is 17.9 Å². The lowest BCUT2D eigenvalue weighted by Gasteiger charge is -2.35. The third-order valence-corrected chi connectivity index (χ3v) is 3.95. The maximum atomic E-state index is 12.2. The largest absolute Gasteiger partial charge is 0.345 e. The van der Waals surface area contributed by atoms with Gasteiger partial charge in [0.05, 0.1) is 0 Å². The second-order valence-electron chi connectivity index (χ2n) is 5.86. The summed E-state index contributed by atoms with van der Waals surface area (Å²) in [5, 5.41) is 2.65. The van der Waals surface area contributed by atoms with Crippen molar-refractivity contribution in [2.24, 2.45) is 0 Å². The van der Waals surface area contributed by atoms with Gasteiger partial charge < -0.3 is 10.2 Å². The van der Waals surface area contributed by atoms with E-state index >= 15 is 0 Å². The Bertz CT molecular complexity index is 549. The Kier molecular flexibility index (Phi) is 6.35. The summed E-state index contributed by atoms with van der Waals surface area (Å²) in [6.07, 6.45) is 4.28. The standard InChI is InChI=1S/C18H25N3O2/c1-15(19-16(2)22)18(23)21-13-11-20(12-14-21)10-6-9-17-7-4-3-5-8-17/h3-9,15H,10-14H2,1-2H3,(H,19,22)/b9-6+. The van der Waals surface area contributed by atoms with Crippen LogP contribution in [0.2, 0.25) is 0 Å². The summed E-state index contributed by atoms with van der Waals surface area (Å²) < 4.78 is 0. The number of nitrogens with one attached hydrogen (secondary N) is 1. The van der Waals surface area contributed by atoms with E-state index in [9.17, 15) is 9.59 Å². The van der Waals surface area contributed by atoms with Gasteiger partial charge in [-0.1, -0.05) is 42.5 Å². The van der Waals surface area contributed by atoms with E-state index in [1.54, 1.807) is 6.92 Å². The van der Waals surface area contributed by atoms with E-state index in [-0.39, 0.29) is 11.8 Å². The fourth-order valence-corrected chi connectivity index (χ4v) is 2.69. The van der Waals surface area contributed by atoms with Gasteiger partial charge in [0.25, 0.3) is 0 Å². The number of hydrogen-bond donors (Lipinski definition) is 1. The highest BCUT2D eigenvalue weighted by Gasteiger charge is 2.24. The van der Waals surface area contributed by atoms with Gasteiger partial charge >= 0.3 is 0 Å². The molecule has 1 saturated heterocycles. The van der Waals surface area contributed by atoms with Crippen LogP contribution in [0.4, 0.5) is 0 Å². The fraction of sp³-hybridized carbons (Fsp3) is 0.444. The van der Waals surface area contributed by atoms with E-state index < -0.39 is 6.04 Å². The van der Waals surface area contributed by atoms with Crippen molar-refractivity contribution in [2.75, 3.05) is 32.7 Å². The molecule has 23 heavy (non-hydrogen) atoms. The Morgan fingerprint density at radius 2 is 1.83 bits per heavy atom. The van der Waals surface area contributed by atoms with Crippen molar-refractivity contribution in [1.29, 1.82) is 0 Å². The van der Waals surface area contributed by atoms with Crippen LogP contribution in [0.3, 0.4) is 0 Å². The summed E-state index contributed by atoms with van der Waals surface area (Å²) in [5.74, 6) is -0.171. The van der Waals surface area contributed by atoms with E-state index in [4.69, 9.17) is 0 Å². The fourth-order valence-electron chi connectivity index (χ4n) is 2.69. The number of nitrogens with zero attached hydrogens (tertiary/aromatic N) is 2. The van der Waals surface area contributed by atoms with Gasteiger partial charge in [-0.25, -0.2) is 0 Å². The predicted octanol–water partition coefficient (Wildman–Crippen LogP) is 1.37. The summed E-state index contributed by atoms with van der Waals surface area (Å²) in [7, 11) is 0. The average molecular weight is 315 g/mol. The summed E-state index contributed by atoms with van der Waals surface area (Å²) in [4.78, 5) is 27.4. The Hall–Kier alpha value is -2.14. The molecule has 1 unspecified atom stereocenters. The lowest BCUT2D eigenvalue weighted by Crippen LogP contribution is -2.53. The second-order valence-corrected chi connectivity index (χ2v) is 5.86. The zero-order chi connectivity index (χ0) is 16.7. The molecule has 2 rings (SSSR count). The molecule has 5 heteroatoms. The number of hydrogen-bond acceptors (Lipinski definition) is 3. The molecule has 1 N–H and O–H groups in total. The first-order valence-corrected chi connectivity index (χ1v) is 8.06. The minimum atomic E-state index is -0.447. The van der Waals surface area contributed by atoms with Gasteiger partial charge in [-0.3, -0.25) is 14.5 Å². The molecule has 0 aliphatic carbocycles. The van der Waals surface area contributed by atoms with E-state index in [1.165, 1.54) is 12.5 Å². The number of amides is 2. The van der Waals surface area contributed by atoms with Crippen LogP contribution >= 0.6 is 0 Å². The van der Waals surface area contributed by atoms with Crippen LogP contribution in [0.1, 0.15) is 19.4 Å². The molecular formula is C18H25N3O2. The van der Waals surface area contributed by atoms with Crippen molar-refractivity contribution in [3.8, 4) is 0 Å². The molecule has 1 aliphatic heterocycles. The molecule has 1 heterocycles. The van der Waals surface area contributed by atoms with Crippen LogP contribution in [0.15, 0.2) is 36.4 Å². The van der Waals surface area contributed by atoms with E-state index in [0.29, 0.717) is 13.1 Å². The Morgan fingerprint density at radius 3 is 2.43 bits per heavy atom. The van der Waals surface area contributed by atoms with Gasteiger partial charge in [0.2, 0.25) is 11.8 Å². The Morgan fingerprint density at radius 1 is 1.17 bits per heavy atom. The SMILES string of the molecule is CC(=O)NC(C)C(=O)N1CCN(C/C=C/c2ccccc2)CC1. The topological polar surface area (TPSA) is 52.7 Å². The van der Waals surface area contributed by atoms with Crippen LogP contribution in [0, 0.1) is 0 Å². The maximum absolute atomic E-state index is 12.2. The number of rotatable bonds is 5. The Labute approximate surface area is 138 Å². The molecule has 5 nitrogen and oxygen atoms in total. The zero-order valence-corrected chi connectivity index (χ0v) is 13.9. The third-order valence-electron chi connectivity index (χ3n) is 3.95. The highest BCUT2D eigenvalue weighted by molar-refractivity contribution is 5.86. The van der Waals surface area contributed by atoms with Crippen LogP contribution < -0.4 is 5.32 Å². The zero-order valence-electron chi connectivity index (χ0n) is 13.9. The number of piperazine rings is 1. The molecular weight excluding hydrogens is 290 g/mol. The minimum absolute atomic E-state index is 0.000298. The molecule has 0 spiro atoms. The smallest absolute Gasteiger partial charge is 0.244 e. The first kappa shape index (κ1) is 17.2. The highest BCUT2D eigenvalue weighted by Crippen LogP contribution is 2.06. The van der Waals surface area contributed by atoms with E-state index in [1.807, 2.05) is 23.1 Å². The molecule has 1 aromatic carbocycles. The first-order chi connectivity index (χ1) is 11.1. The molecule has 1 fully saturated rings. The van der Waals surface area contributed by atoms with Gasteiger partial charge in [-0.2, -0.15) is 0 Å². The van der Waals surface area contributed by atoms with E-state index in [2.05, 4.69) is 34.5 Å². The monoisotopic (exact) mass is 315 g/mol. The van der Waals surface area contributed by atoms with Crippen molar-refractivity contribution in [1.82, 2.24) is 15.1 Å². The van der Waals surface area contributed by atoms with Crippen molar-refractivity contribution in [3.05, 3.63) is 42.0 Å². The third kappa shape index (κ3) is 5.53. The summed E-state index contributed by atoms with van der Waals surface area (Å²) in [6.45, 7) is 7.19. The molecule has 0 saturated carbocycles. The van der Waals surface area contributed by atoms with Gasteiger partial charge in [-0.15, -0.1) is 0 Å². The summed E-state index contributed by atoms with van der Waals surface area (Å²) >= 11 is 0. The second kappa shape index (κ2) is 8.48. The molecule has 1 aliphatic rings. The molecule has 0 bridgehead atoms. The van der Waals surface area contributed by atoms with Crippen LogP contribution in [-0.4, -0.2) is 60.4 Å². The van der Waals surface area contributed by atoms with Crippen LogP contribution in [0.5, 0.6) is 0 Å². The van der Waals surface area contributed by atoms with Gasteiger partial charge in [0, 0.05) is 39.6 Å². The number of benzene rings is 1. The predicted molar refractivity (Wildman–Crippen MR) is 91.8 cm³/mol. The van der Waals surface area contributed by atoms with Gasteiger partial charge in [0.1, 0.15) is 6.04 Å². The van der Waals surface area contributed by atoms with Crippen molar-refractivity contribution in [2.45, 2.75) is 19.9 Å². The average Bonchev–Trinajstić information content (AvgIpc) is 2.55. The molecule has 1 atom stereocenters. The van der Waals surface area contributed by atoms with Crippen molar-refractivity contribution in [3.63, 3.8) is 0 Å². The minimum Gasteiger partial charge on any atom is -0.345 e. The molecule has 0 aromatic heterocycles. The van der Waals surface area contributed by atoms with Gasteiger partial charge in [0.15, 0.2) is 0 Å². The number of carbonyl (C=O) groups excluding carboxylic acids is 2. The van der Waals surface area contributed by atoms with Crippen molar-refractivity contribution < 1.29 is 9.59 Å². The highest BCUT2D eigenvalue weighted by atomic mass is 16.2. The number of carbonyl (C=O) groups is 2.